The number of carbonyl (C=O) groups excluding carboxylic acids is 1. The zero-order valence-electron chi connectivity index (χ0n) is 44.5. The number of hydrogen-bond donors (Lipinski definition) is 11. The average Bonchev–Trinajstić information content (AvgIpc) is 3.65. The summed E-state index contributed by atoms with van der Waals surface area (Å²) in [5.41, 5.74) is 0. The summed E-state index contributed by atoms with van der Waals surface area (Å²) in [6.45, 7) is 2.40. The minimum absolute atomic E-state index is 0.204. The lowest BCUT2D eigenvalue weighted by Crippen LogP contribution is -2.62. The quantitative estimate of drug-likeness (QED) is 0.0277. The Balaban J connectivity index is 1.85. The summed E-state index contributed by atoms with van der Waals surface area (Å²) < 4.78 is 22.6. The molecule has 0 bridgehead atoms. The van der Waals surface area contributed by atoms with Crippen molar-refractivity contribution >= 4 is 5.91 Å². The van der Waals surface area contributed by atoms with Gasteiger partial charge in [-0.2, -0.15) is 0 Å². The second-order valence-electron chi connectivity index (χ2n) is 21.1. The van der Waals surface area contributed by atoms with Crippen molar-refractivity contribution in [1.29, 1.82) is 0 Å². The highest BCUT2D eigenvalue weighted by Crippen LogP contribution is 2.31. The Hall–Kier alpha value is -1.09. The molecular weight excluding hydrogens is 915 g/mol. The van der Waals surface area contributed by atoms with Crippen molar-refractivity contribution in [3.63, 3.8) is 0 Å². The maximum atomic E-state index is 13.4. The Morgan fingerprint density at radius 2 is 0.915 bits per heavy atom. The number of ether oxygens (including phenoxy) is 4. The van der Waals surface area contributed by atoms with E-state index in [1.165, 1.54) is 154 Å². The lowest BCUT2D eigenvalue weighted by molar-refractivity contribution is -0.332. The van der Waals surface area contributed by atoms with Crippen molar-refractivity contribution in [3.05, 3.63) is 0 Å². The molecule has 2 aliphatic rings. The third kappa shape index (κ3) is 28.0. The predicted octanol–water partition coefficient (Wildman–Crippen LogP) is 6.89. The van der Waals surface area contributed by atoms with Gasteiger partial charge in [-0.3, -0.25) is 4.79 Å². The van der Waals surface area contributed by atoms with Crippen molar-refractivity contribution in [2.45, 2.75) is 324 Å². The topological polar surface area (TPSA) is 268 Å². The highest BCUT2D eigenvalue weighted by molar-refractivity contribution is 5.80. The minimum atomic E-state index is -1.82. The Kier molecular flexibility index (Phi) is 39.1. The average molecular weight is 1020 g/mol. The monoisotopic (exact) mass is 1020 g/mol. The number of aliphatic hydroxyl groups excluding tert-OH is 10. The summed E-state index contributed by atoms with van der Waals surface area (Å²) in [6, 6.07) is -1.28. The first-order chi connectivity index (χ1) is 34.4. The van der Waals surface area contributed by atoms with Crippen LogP contribution in [0.25, 0.3) is 0 Å². The van der Waals surface area contributed by atoms with Crippen molar-refractivity contribution in [2.24, 2.45) is 0 Å². The zero-order valence-corrected chi connectivity index (χ0v) is 44.5. The highest BCUT2D eigenvalue weighted by atomic mass is 16.7. The number of hydrogen-bond acceptors (Lipinski definition) is 15. The van der Waals surface area contributed by atoms with Gasteiger partial charge in [0.25, 0.3) is 0 Å². The summed E-state index contributed by atoms with van der Waals surface area (Å²) in [6.07, 6.45) is 19.8. The van der Waals surface area contributed by atoms with Gasteiger partial charge in [-0.15, -0.1) is 0 Å². The van der Waals surface area contributed by atoms with Gasteiger partial charge in [0.1, 0.15) is 61.0 Å². The molecule has 2 rings (SSSR count). The third-order valence-corrected chi connectivity index (χ3v) is 14.7. The molecule has 2 aliphatic heterocycles. The molecule has 2 fully saturated rings. The van der Waals surface area contributed by atoms with Crippen molar-refractivity contribution < 1.29 is 74.8 Å². The molecule has 11 N–H and O–H groups in total. The molecule has 1 amide bonds. The molecule has 14 unspecified atom stereocenters. The van der Waals surface area contributed by atoms with E-state index in [2.05, 4.69) is 19.2 Å². The smallest absolute Gasteiger partial charge is 0.249 e. The Labute approximate surface area is 429 Å². The molecule has 2 saturated heterocycles. The van der Waals surface area contributed by atoms with Crippen molar-refractivity contribution in [3.8, 4) is 0 Å². The van der Waals surface area contributed by atoms with E-state index in [4.69, 9.17) is 18.9 Å². The van der Waals surface area contributed by atoms with Crippen LogP contribution in [0.4, 0.5) is 0 Å². The second kappa shape index (κ2) is 42.1. The second-order valence-corrected chi connectivity index (χ2v) is 21.1. The maximum absolute atomic E-state index is 13.4. The standard InChI is InChI=1S/C55H107NO15/c1-3-5-7-9-11-13-15-17-18-19-20-21-22-23-25-27-29-31-33-35-37-43(60)53(67)56-41(46(62)42(59)36-34-32-30-28-26-24-16-14-12-10-8-6-4-2)40-68-54-50(66)52(47(63)45(39-58)69-54)71-55-49(65)48(64)51(70-55)44(61)38-57/h41-52,54-55,57-66H,3-40H2,1-2H3,(H,56,67). The number of carbonyl (C=O) groups is 1. The van der Waals surface area contributed by atoms with Crippen LogP contribution in [0.15, 0.2) is 0 Å². The molecule has 0 saturated carbocycles. The Morgan fingerprint density at radius 1 is 0.507 bits per heavy atom. The lowest BCUT2D eigenvalue weighted by Gasteiger charge is -2.43. The molecule has 0 aliphatic carbocycles. The summed E-state index contributed by atoms with van der Waals surface area (Å²) >= 11 is 0. The van der Waals surface area contributed by atoms with Crippen LogP contribution in [0.3, 0.4) is 0 Å². The molecule has 14 atom stereocenters. The molecule has 422 valence electrons. The molecule has 0 radical (unpaired) electrons. The van der Waals surface area contributed by atoms with E-state index in [0.717, 1.165) is 44.9 Å². The summed E-state index contributed by atoms with van der Waals surface area (Å²) in [4.78, 5) is 13.4. The first-order valence-corrected chi connectivity index (χ1v) is 29.0. The van der Waals surface area contributed by atoms with Crippen LogP contribution < -0.4 is 5.32 Å². The van der Waals surface area contributed by atoms with Gasteiger partial charge in [0, 0.05) is 0 Å². The highest BCUT2D eigenvalue weighted by Gasteiger charge is 2.52. The fourth-order valence-corrected chi connectivity index (χ4v) is 9.95. The summed E-state index contributed by atoms with van der Waals surface area (Å²) in [5, 5.41) is 109. The minimum Gasteiger partial charge on any atom is -0.394 e. The molecule has 0 spiro atoms. The SMILES string of the molecule is CCCCCCCCCCCCCCCCCCCCCCC(O)C(=O)NC(COC1OC(CO)C(O)C(OC2OC(C(O)CO)C(O)C2O)C1O)C(O)C(O)CCCCCCCCCCCCCCC. The number of amides is 1. The molecular formula is C55H107NO15. The van der Waals surface area contributed by atoms with E-state index in [1.54, 1.807) is 0 Å². The van der Waals surface area contributed by atoms with Crippen molar-refractivity contribution in [2.75, 3.05) is 19.8 Å². The van der Waals surface area contributed by atoms with E-state index in [-0.39, 0.29) is 12.8 Å². The van der Waals surface area contributed by atoms with Crippen LogP contribution >= 0.6 is 0 Å². The van der Waals surface area contributed by atoms with Gasteiger partial charge in [-0.1, -0.05) is 226 Å². The molecule has 0 aromatic heterocycles. The fourth-order valence-electron chi connectivity index (χ4n) is 9.95. The van der Waals surface area contributed by atoms with Gasteiger partial charge in [-0.05, 0) is 12.8 Å². The number of nitrogens with one attached hydrogen (secondary N) is 1. The zero-order chi connectivity index (χ0) is 52.1. The molecule has 0 aromatic carbocycles. The molecule has 2 heterocycles. The number of unbranched alkanes of at least 4 members (excludes halogenated alkanes) is 31. The van der Waals surface area contributed by atoms with Gasteiger partial charge >= 0.3 is 0 Å². The first kappa shape index (κ1) is 66.0. The van der Waals surface area contributed by atoms with Crippen molar-refractivity contribution in [1.82, 2.24) is 5.32 Å². The largest absolute Gasteiger partial charge is 0.394 e. The third-order valence-electron chi connectivity index (χ3n) is 14.7. The van der Waals surface area contributed by atoms with Gasteiger partial charge in [0.05, 0.1) is 32.0 Å². The summed E-state index contributed by atoms with van der Waals surface area (Å²) in [5.74, 6) is -0.760. The summed E-state index contributed by atoms with van der Waals surface area (Å²) in [7, 11) is 0. The van der Waals surface area contributed by atoms with Crippen LogP contribution in [0.1, 0.15) is 239 Å². The van der Waals surface area contributed by atoms with Gasteiger partial charge in [0.15, 0.2) is 12.6 Å². The van der Waals surface area contributed by atoms with Crippen LogP contribution in [0, 0.1) is 0 Å². The fraction of sp³-hybridized carbons (Fsp3) is 0.982. The van der Waals surface area contributed by atoms with Gasteiger partial charge in [0.2, 0.25) is 5.91 Å². The van der Waals surface area contributed by atoms with Crippen LogP contribution in [0.5, 0.6) is 0 Å². The Bertz CT molecular complexity index is 1240. The van der Waals surface area contributed by atoms with Crippen LogP contribution in [-0.4, -0.2) is 163 Å². The maximum Gasteiger partial charge on any atom is 0.249 e. The normalized spacial score (nSPS) is 25.8. The van der Waals surface area contributed by atoms with Crippen LogP contribution in [-0.2, 0) is 23.7 Å². The molecule has 0 aromatic rings. The first-order valence-electron chi connectivity index (χ1n) is 29.0. The van der Waals surface area contributed by atoms with Gasteiger partial charge < -0.3 is 75.3 Å². The molecule has 16 nitrogen and oxygen atoms in total. The Morgan fingerprint density at radius 3 is 1.32 bits per heavy atom. The van der Waals surface area contributed by atoms with Crippen LogP contribution in [0.2, 0.25) is 0 Å². The molecule has 71 heavy (non-hydrogen) atoms. The van der Waals surface area contributed by atoms with E-state index < -0.39 is 111 Å². The van der Waals surface area contributed by atoms with E-state index in [9.17, 15) is 55.9 Å². The van der Waals surface area contributed by atoms with Gasteiger partial charge in [-0.25, -0.2) is 0 Å². The predicted molar refractivity (Wildman–Crippen MR) is 275 cm³/mol. The lowest BCUT2D eigenvalue weighted by atomic mass is 9.98. The van der Waals surface area contributed by atoms with E-state index in [1.807, 2.05) is 0 Å². The molecule has 16 heteroatoms. The van der Waals surface area contributed by atoms with E-state index in [0.29, 0.717) is 12.8 Å². The number of aliphatic hydroxyl groups is 10. The number of rotatable bonds is 47. The van der Waals surface area contributed by atoms with E-state index >= 15 is 0 Å².